The van der Waals surface area contributed by atoms with Crippen LogP contribution < -0.4 is 9.04 Å². The number of amides is 2. The third-order valence-electron chi connectivity index (χ3n) is 5.72. The fourth-order valence-corrected chi connectivity index (χ4v) is 6.83. The van der Waals surface area contributed by atoms with Crippen LogP contribution in [-0.4, -0.2) is 36.6 Å². The Morgan fingerprint density at radius 1 is 0.944 bits per heavy atom. The molecule has 0 bridgehead atoms. The molecule has 182 valence electrons. The molecular weight excluding hydrogens is 540 g/mol. The number of ether oxygens (including phenoxy) is 1. The summed E-state index contributed by atoms with van der Waals surface area (Å²) in [6.45, 7) is 0.197. The van der Waals surface area contributed by atoms with Crippen molar-refractivity contribution >= 4 is 73.0 Å². The van der Waals surface area contributed by atoms with Crippen LogP contribution in [0.3, 0.4) is 0 Å². The van der Waals surface area contributed by atoms with Crippen molar-refractivity contribution in [2.45, 2.75) is 11.4 Å². The van der Waals surface area contributed by atoms with E-state index in [-0.39, 0.29) is 31.9 Å². The van der Waals surface area contributed by atoms with Crippen molar-refractivity contribution in [1.29, 1.82) is 0 Å². The number of carbonyl (C=O) groups excluding carboxylic acids is 2. The molecule has 3 aromatic rings. The van der Waals surface area contributed by atoms with E-state index in [2.05, 4.69) is 0 Å². The lowest BCUT2D eigenvalue weighted by Gasteiger charge is -2.17. The number of nitrogens with zero attached hydrogens (tertiary/aromatic N) is 2. The van der Waals surface area contributed by atoms with E-state index in [0.29, 0.717) is 16.3 Å². The number of hydrogen-bond acceptors (Lipinski definition) is 7. The van der Waals surface area contributed by atoms with Gasteiger partial charge in [-0.2, -0.15) is 4.31 Å². The SMILES string of the molecule is COc1ccc(S(=O)(=O)N2C(=O)C(=C3SC(=S)N(Cc4ccc(Cl)cc4)C3=O)c3ccccc32)cc1. The third kappa shape index (κ3) is 4.09. The molecule has 0 radical (unpaired) electrons. The van der Waals surface area contributed by atoms with Gasteiger partial charge in [-0.3, -0.25) is 14.5 Å². The Labute approximate surface area is 222 Å². The lowest BCUT2D eigenvalue weighted by atomic mass is 10.1. The summed E-state index contributed by atoms with van der Waals surface area (Å²) in [6.07, 6.45) is 0. The maximum Gasteiger partial charge on any atom is 0.274 e. The van der Waals surface area contributed by atoms with Crippen molar-refractivity contribution in [2.75, 3.05) is 11.4 Å². The summed E-state index contributed by atoms with van der Waals surface area (Å²) in [5, 5.41) is 0.567. The number of sulfonamides is 1. The van der Waals surface area contributed by atoms with E-state index in [1.165, 1.54) is 42.3 Å². The number of benzene rings is 3. The molecule has 0 spiro atoms. The normalized spacial score (nSPS) is 17.7. The van der Waals surface area contributed by atoms with Gasteiger partial charge in [0.25, 0.3) is 21.8 Å². The molecule has 36 heavy (non-hydrogen) atoms. The van der Waals surface area contributed by atoms with Gasteiger partial charge in [-0.1, -0.05) is 65.9 Å². The molecular formula is C25H17ClN2O5S3. The highest BCUT2D eigenvalue weighted by molar-refractivity contribution is 8.26. The van der Waals surface area contributed by atoms with Crippen molar-refractivity contribution in [2.24, 2.45) is 0 Å². The van der Waals surface area contributed by atoms with E-state index in [1.807, 2.05) is 0 Å². The summed E-state index contributed by atoms with van der Waals surface area (Å²) in [5.74, 6) is -0.784. The number of carbonyl (C=O) groups is 2. The molecule has 2 aliphatic rings. The number of thioether (sulfide) groups is 1. The predicted octanol–water partition coefficient (Wildman–Crippen LogP) is 4.86. The van der Waals surface area contributed by atoms with Crippen LogP contribution in [0.2, 0.25) is 5.02 Å². The molecule has 0 N–H and O–H groups in total. The van der Waals surface area contributed by atoms with Crippen LogP contribution in [0.1, 0.15) is 11.1 Å². The molecule has 1 fully saturated rings. The minimum absolute atomic E-state index is 0.0126. The fraction of sp³-hybridized carbons (Fsp3) is 0.0800. The molecule has 11 heteroatoms. The molecule has 0 aliphatic carbocycles. The Bertz CT molecular complexity index is 1550. The summed E-state index contributed by atoms with van der Waals surface area (Å²) >= 11 is 12.4. The molecule has 2 heterocycles. The van der Waals surface area contributed by atoms with Gasteiger partial charge < -0.3 is 4.74 Å². The van der Waals surface area contributed by atoms with Crippen molar-refractivity contribution in [1.82, 2.24) is 4.90 Å². The van der Waals surface area contributed by atoms with Crippen molar-refractivity contribution in [3.63, 3.8) is 0 Å². The predicted molar refractivity (Wildman–Crippen MR) is 143 cm³/mol. The second-order valence-electron chi connectivity index (χ2n) is 7.86. The Morgan fingerprint density at radius 3 is 2.28 bits per heavy atom. The third-order valence-corrected chi connectivity index (χ3v) is 9.13. The van der Waals surface area contributed by atoms with Crippen LogP contribution in [0.4, 0.5) is 5.69 Å². The van der Waals surface area contributed by atoms with Gasteiger partial charge in [-0.15, -0.1) is 0 Å². The zero-order chi connectivity index (χ0) is 25.6. The molecule has 3 aromatic carbocycles. The molecule has 0 unspecified atom stereocenters. The summed E-state index contributed by atoms with van der Waals surface area (Å²) in [5.41, 5.74) is 1.35. The molecule has 0 atom stereocenters. The standard InChI is InChI=1S/C25H17ClN2O5S3/c1-33-17-10-12-18(13-11-17)36(31,32)28-20-5-3-2-4-19(20)21(23(28)29)22-24(30)27(25(34)35-22)14-15-6-8-16(26)9-7-15/h2-13H,14H2,1H3. The second kappa shape index (κ2) is 9.36. The van der Waals surface area contributed by atoms with Crippen molar-refractivity contribution in [3.05, 3.63) is 93.9 Å². The number of fused-ring (bicyclic) bond motifs is 1. The topological polar surface area (TPSA) is 84.0 Å². The molecule has 0 saturated carbocycles. The van der Waals surface area contributed by atoms with Gasteiger partial charge in [0, 0.05) is 10.6 Å². The van der Waals surface area contributed by atoms with Crippen molar-refractivity contribution < 1.29 is 22.7 Å². The maximum absolute atomic E-state index is 13.7. The summed E-state index contributed by atoms with van der Waals surface area (Å²) in [7, 11) is -2.80. The number of methoxy groups -OCH3 is 1. The van der Waals surface area contributed by atoms with Crippen LogP contribution in [0.25, 0.3) is 5.57 Å². The highest BCUT2D eigenvalue weighted by Crippen LogP contribution is 2.46. The highest BCUT2D eigenvalue weighted by Gasteiger charge is 2.46. The van der Waals surface area contributed by atoms with Gasteiger partial charge in [0.1, 0.15) is 10.1 Å². The molecule has 1 saturated heterocycles. The van der Waals surface area contributed by atoms with Crippen LogP contribution >= 0.6 is 35.6 Å². The average molecular weight is 557 g/mol. The first-order chi connectivity index (χ1) is 17.2. The lowest BCUT2D eigenvalue weighted by molar-refractivity contribution is -0.122. The second-order valence-corrected chi connectivity index (χ2v) is 11.7. The van der Waals surface area contributed by atoms with Gasteiger partial charge in [-0.05, 0) is 48.0 Å². The van der Waals surface area contributed by atoms with E-state index in [0.717, 1.165) is 21.6 Å². The minimum atomic E-state index is -4.27. The highest BCUT2D eigenvalue weighted by atomic mass is 35.5. The monoisotopic (exact) mass is 556 g/mol. The van der Waals surface area contributed by atoms with Gasteiger partial charge in [0.2, 0.25) is 0 Å². The summed E-state index contributed by atoms with van der Waals surface area (Å²) in [4.78, 5) is 28.5. The average Bonchev–Trinajstić information content (AvgIpc) is 3.32. The van der Waals surface area contributed by atoms with Crippen molar-refractivity contribution in [3.8, 4) is 5.75 Å². The van der Waals surface area contributed by atoms with Crippen LogP contribution in [-0.2, 0) is 26.2 Å². The zero-order valence-electron chi connectivity index (χ0n) is 18.7. The first kappa shape index (κ1) is 24.5. The maximum atomic E-state index is 13.7. The Balaban J connectivity index is 1.56. The Morgan fingerprint density at radius 2 is 1.61 bits per heavy atom. The first-order valence-electron chi connectivity index (χ1n) is 10.6. The van der Waals surface area contributed by atoms with Crippen LogP contribution in [0.5, 0.6) is 5.75 Å². The van der Waals surface area contributed by atoms with E-state index in [9.17, 15) is 18.0 Å². The summed E-state index contributed by atoms with van der Waals surface area (Å²) < 4.78 is 33.2. The lowest BCUT2D eigenvalue weighted by Crippen LogP contribution is -2.34. The van der Waals surface area contributed by atoms with E-state index >= 15 is 0 Å². The summed E-state index contributed by atoms with van der Waals surface area (Å²) in [6, 6.07) is 19.2. The Kier molecular flexibility index (Phi) is 6.37. The molecule has 7 nitrogen and oxygen atoms in total. The van der Waals surface area contributed by atoms with Gasteiger partial charge in [0.05, 0.1) is 34.7 Å². The molecule has 2 amide bonds. The fourth-order valence-electron chi connectivity index (χ4n) is 3.96. The zero-order valence-corrected chi connectivity index (χ0v) is 21.9. The number of halogens is 1. The molecule has 0 aromatic heterocycles. The smallest absolute Gasteiger partial charge is 0.274 e. The number of para-hydroxylation sites is 1. The van der Waals surface area contributed by atoms with Gasteiger partial charge >= 0.3 is 0 Å². The van der Waals surface area contributed by atoms with Crippen LogP contribution in [0.15, 0.2) is 82.6 Å². The van der Waals surface area contributed by atoms with E-state index in [1.54, 1.807) is 42.5 Å². The van der Waals surface area contributed by atoms with Crippen LogP contribution in [0, 0.1) is 0 Å². The van der Waals surface area contributed by atoms with Gasteiger partial charge in [-0.25, -0.2) is 8.42 Å². The largest absolute Gasteiger partial charge is 0.497 e. The first-order valence-corrected chi connectivity index (χ1v) is 13.6. The van der Waals surface area contributed by atoms with E-state index in [4.69, 9.17) is 28.6 Å². The number of thiocarbonyl (C=S) groups is 1. The van der Waals surface area contributed by atoms with E-state index < -0.39 is 21.8 Å². The number of anilines is 1. The quantitative estimate of drug-likeness (QED) is 0.328. The number of rotatable bonds is 5. The molecule has 2 aliphatic heterocycles. The Hall–Kier alpha value is -3.18. The number of hydrogen-bond donors (Lipinski definition) is 0. The molecule has 5 rings (SSSR count). The van der Waals surface area contributed by atoms with Gasteiger partial charge in [0.15, 0.2) is 0 Å². The minimum Gasteiger partial charge on any atom is -0.497 e.